The lowest BCUT2D eigenvalue weighted by atomic mass is 10.0. The fourth-order valence-corrected chi connectivity index (χ4v) is 1.10. The molecule has 0 saturated carbocycles. The van der Waals surface area contributed by atoms with Gasteiger partial charge in [-0.05, 0) is 49.3 Å². The van der Waals surface area contributed by atoms with E-state index in [-0.39, 0.29) is 5.75 Å². The Hall–Kier alpha value is -1.57. The van der Waals surface area contributed by atoms with Gasteiger partial charge in [0.05, 0.1) is 0 Å². The lowest BCUT2D eigenvalue weighted by Gasteiger charge is -2.03. The number of hydrogen-bond donors (Lipinski definition) is 1. The van der Waals surface area contributed by atoms with E-state index in [2.05, 4.69) is 0 Å². The van der Waals surface area contributed by atoms with E-state index >= 15 is 0 Å². The third kappa shape index (κ3) is 2.18. The maximum absolute atomic E-state index is 10.1. The molecular weight excluding hydrogens is 164 g/mol. The predicted molar refractivity (Wildman–Crippen MR) is 52.7 cm³/mol. The van der Waals surface area contributed by atoms with E-state index in [1.165, 1.54) is 6.08 Å². The molecule has 0 aliphatic rings. The van der Waals surface area contributed by atoms with E-state index in [4.69, 9.17) is 0 Å². The summed E-state index contributed by atoms with van der Waals surface area (Å²) in [5.41, 5.74) is 2.82. The second-order valence-electron chi connectivity index (χ2n) is 2.99. The van der Waals surface area contributed by atoms with E-state index in [0.29, 0.717) is 11.8 Å². The summed E-state index contributed by atoms with van der Waals surface area (Å²) in [7, 11) is 0. The number of aldehydes is 1. The zero-order valence-electron chi connectivity index (χ0n) is 7.74. The number of rotatable bonds is 2. The zero-order valence-corrected chi connectivity index (χ0v) is 7.74. The van der Waals surface area contributed by atoms with Gasteiger partial charge >= 0.3 is 0 Å². The number of phenols is 1. The highest BCUT2D eigenvalue weighted by molar-refractivity contribution is 5.75. The van der Waals surface area contributed by atoms with E-state index in [1.807, 2.05) is 19.9 Å². The largest absolute Gasteiger partial charge is 0.507 e. The lowest BCUT2D eigenvalue weighted by molar-refractivity contribution is -0.104. The van der Waals surface area contributed by atoms with Crippen LogP contribution < -0.4 is 0 Å². The first-order chi connectivity index (χ1) is 6.15. The van der Waals surface area contributed by atoms with Crippen LogP contribution in [0.2, 0.25) is 0 Å². The first kappa shape index (κ1) is 9.52. The van der Waals surface area contributed by atoms with Crippen LogP contribution in [0, 0.1) is 13.8 Å². The Morgan fingerprint density at radius 1 is 1.23 bits per heavy atom. The molecule has 0 aromatic heterocycles. The van der Waals surface area contributed by atoms with Crippen molar-refractivity contribution in [1.29, 1.82) is 0 Å². The van der Waals surface area contributed by atoms with Crippen molar-refractivity contribution < 1.29 is 9.90 Å². The summed E-state index contributed by atoms with van der Waals surface area (Å²) in [4.78, 5) is 10.1. The maximum Gasteiger partial charge on any atom is 0.142 e. The monoisotopic (exact) mass is 176 g/mol. The van der Waals surface area contributed by atoms with Crippen molar-refractivity contribution in [1.82, 2.24) is 0 Å². The second kappa shape index (κ2) is 3.90. The Balaban J connectivity index is 3.15. The van der Waals surface area contributed by atoms with Crippen LogP contribution in [-0.2, 0) is 4.79 Å². The quantitative estimate of drug-likeness (QED) is 0.554. The molecule has 0 radical (unpaired) electrons. The van der Waals surface area contributed by atoms with E-state index in [9.17, 15) is 9.90 Å². The van der Waals surface area contributed by atoms with Gasteiger partial charge < -0.3 is 5.11 Å². The van der Waals surface area contributed by atoms with Gasteiger partial charge in [-0.15, -0.1) is 0 Å². The molecule has 1 N–H and O–H groups in total. The average molecular weight is 176 g/mol. The Bertz CT molecular complexity index is 351. The summed E-state index contributed by atoms with van der Waals surface area (Å²) < 4.78 is 0. The molecule has 68 valence electrons. The lowest BCUT2D eigenvalue weighted by Crippen LogP contribution is -1.83. The van der Waals surface area contributed by atoms with Gasteiger partial charge in [-0.3, -0.25) is 4.79 Å². The van der Waals surface area contributed by atoms with Crippen molar-refractivity contribution in [2.24, 2.45) is 0 Å². The number of aryl methyl sites for hydroxylation is 2. The molecule has 0 heterocycles. The fraction of sp³-hybridized carbons (Fsp3) is 0.182. The molecule has 13 heavy (non-hydrogen) atoms. The highest BCUT2D eigenvalue weighted by atomic mass is 16.3. The first-order valence-electron chi connectivity index (χ1n) is 4.07. The van der Waals surface area contributed by atoms with Crippen LogP contribution in [0.5, 0.6) is 5.75 Å². The van der Waals surface area contributed by atoms with Gasteiger partial charge in [0.1, 0.15) is 12.0 Å². The van der Waals surface area contributed by atoms with Crippen LogP contribution in [-0.4, -0.2) is 11.4 Å². The molecule has 2 nitrogen and oxygen atoms in total. The number of allylic oxidation sites excluding steroid dienone is 1. The minimum atomic E-state index is 0.209. The zero-order chi connectivity index (χ0) is 9.84. The molecule has 1 aromatic carbocycles. The van der Waals surface area contributed by atoms with Crippen LogP contribution in [0.15, 0.2) is 18.2 Å². The Kier molecular flexibility index (Phi) is 2.85. The van der Waals surface area contributed by atoms with Gasteiger partial charge in [-0.25, -0.2) is 0 Å². The molecule has 0 unspecified atom stereocenters. The molecule has 1 aromatic rings. The normalized spacial score (nSPS) is 10.6. The summed E-state index contributed by atoms with van der Waals surface area (Å²) in [6, 6.07) is 3.55. The first-order valence-corrected chi connectivity index (χ1v) is 4.07. The molecular formula is C11H12O2. The number of aromatic hydroxyl groups is 1. The highest BCUT2D eigenvalue weighted by Gasteiger charge is 2.00. The van der Waals surface area contributed by atoms with Crippen molar-refractivity contribution >= 4 is 12.4 Å². The van der Waals surface area contributed by atoms with Crippen molar-refractivity contribution in [2.45, 2.75) is 13.8 Å². The molecule has 0 amide bonds. The SMILES string of the molecule is Cc1cc(O)c(/C=C/C=O)cc1C. The minimum Gasteiger partial charge on any atom is -0.507 e. The molecule has 0 aliphatic carbocycles. The molecule has 0 bridgehead atoms. The summed E-state index contributed by atoms with van der Waals surface area (Å²) in [5.74, 6) is 0.209. The standard InChI is InChI=1S/C11H12O2/c1-8-6-10(4-3-5-12)11(13)7-9(8)2/h3-7,13H,1-2H3/b4-3+. The van der Waals surface area contributed by atoms with Gasteiger partial charge in [0.2, 0.25) is 0 Å². The number of phenolic OH excluding ortho intramolecular Hbond substituents is 1. The molecule has 0 aliphatic heterocycles. The number of carbonyl (C=O) groups is 1. The Labute approximate surface area is 77.5 Å². The molecule has 2 heteroatoms. The molecule has 0 spiro atoms. The predicted octanol–water partition coefficient (Wildman–Crippen LogP) is 2.22. The minimum absolute atomic E-state index is 0.209. The second-order valence-corrected chi connectivity index (χ2v) is 2.99. The van der Waals surface area contributed by atoms with Gasteiger partial charge in [0.15, 0.2) is 0 Å². The van der Waals surface area contributed by atoms with E-state index in [0.717, 1.165) is 11.1 Å². The van der Waals surface area contributed by atoms with Crippen molar-refractivity contribution in [3.8, 4) is 5.75 Å². The van der Waals surface area contributed by atoms with Gasteiger partial charge in [0.25, 0.3) is 0 Å². The molecule has 0 fully saturated rings. The summed E-state index contributed by atoms with van der Waals surface area (Å²) in [6.45, 7) is 3.90. The Morgan fingerprint density at radius 2 is 1.85 bits per heavy atom. The smallest absolute Gasteiger partial charge is 0.142 e. The van der Waals surface area contributed by atoms with Gasteiger partial charge in [-0.1, -0.05) is 0 Å². The third-order valence-corrected chi connectivity index (χ3v) is 2.00. The van der Waals surface area contributed by atoms with Crippen LogP contribution >= 0.6 is 0 Å². The maximum atomic E-state index is 10.1. The highest BCUT2D eigenvalue weighted by Crippen LogP contribution is 2.22. The average Bonchev–Trinajstić information content (AvgIpc) is 2.09. The summed E-state index contributed by atoms with van der Waals surface area (Å²) in [6.07, 6.45) is 3.65. The van der Waals surface area contributed by atoms with Crippen LogP contribution in [0.4, 0.5) is 0 Å². The van der Waals surface area contributed by atoms with Crippen LogP contribution in [0.25, 0.3) is 6.08 Å². The van der Waals surface area contributed by atoms with Crippen molar-refractivity contribution in [3.05, 3.63) is 34.9 Å². The van der Waals surface area contributed by atoms with Gasteiger partial charge in [-0.2, -0.15) is 0 Å². The third-order valence-electron chi connectivity index (χ3n) is 2.00. The fourth-order valence-electron chi connectivity index (χ4n) is 1.10. The van der Waals surface area contributed by atoms with Crippen LogP contribution in [0.1, 0.15) is 16.7 Å². The van der Waals surface area contributed by atoms with E-state index < -0.39 is 0 Å². The van der Waals surface area contributed by atoms with Crippen LogP contribution in [0.3, 0.4) is 0 Å². The summed E-state index contributed by atoms with van der Waals surface area (Å²) >= 11 is 0. The number of carbonyl (C=O) groups excluding carboxylic acids is 1. The molecule has 0 atom stereocenters. The topological polar surface area (TPSA) is 37.3 Å². The number of benzene rings is 1. The molecule has 1 rings (SSSR count). The molecule has 0 saturated heterocycles. The number of hydrogen-bond acceptors (Lipinski definition) is 2. The Morgan fingerprint density at radius 3 is 2.46 bits per heavy atom. The van der Waals surface area contributed by atoms with Crippen molar-refractivity contribution in [3.63, 3.8) is 0 Å². The van der Waals surface area contributed by atoms with Gasteiger partial charge in [0, 0.05) is 5.56 Å². The summed E-state index contributed by atoms with van der Waals surface area (Å²) in [5, 5.41) is 9.48. The van der Waals surface area contributed by atoms with Crippen molar-refractivity contribution in [2.75, 3.05) is 0 Å². The van der Waals surface area contributed by atoms with E-state index in [1.54, 1.807) is 12.1 Å².